The second kappa shape index (κ2) is 4.57. The maximum atomic E-state index is 10.3. The van der Waals surface area contributed by atoms with Crippen molar-refractivity contribution >= 4 is 17.3 Å². The number of carbonyl (C=O) groups is 1. The van der Waals surface area contributed by atoms with Gasteiger partial charge in [0.15, 0.2) is 0 Å². The molecule has 0 spiro atoms. The monoisotopic (exact) mass is 213 g/mol. The van der Waals surface area contributed by atoms with E-state index in [9.17, 15) is 9.90 Å². The van der Waals surface area contributed by atoms with Gasteiger partial charge in [-0.2, -0.15) is 0 Å². The number of hydrogen-bond acceptors (Lipinski definition) is 3. The van der Waals surface area contributed by atoms with Crippen molar-refractivity contribution in [2.45, 2.75) is 32.7 Å². The van der Waals surface area contributed by atoms with Crippen LogP contribution in [0.5, 0.6) is 0 Å². The van der Waals surface area contributed by atoms with Crippen LogP contribution in [0.4, 0.5) is 0 Å². The molecule has 0 aliphatic carbocycles. The fourth-order valence-corrected chi connectivity index (χ4v) is 2.52. The highest BCUT2D eigenvalue weighted by molar-refractivity contribution is 7.12. The Balaban J connectivity index is 2.64. The first-order valence-electron chi connectivity index (χ1n) is 4.60. The molecule has 78 valence electrons. The van der Waals surface area contributed by atoms with Gasteiger partial charge in [0.1, 0.15) is 6.04 Å². The van der Waals surface area contributed by atoms with E-state index in [1.54, 1.807) is 11.3 Å². The van der Waals surface area contributed by atoms with Crippen molar-refractivity contribution in [2.24, 2.45) is 0 Å². The molecule has 0 fully saturated rings. The van der Waals surface area contributed by atoms with E-state index >= 15 is 0 Å². The van der Waals surface area contributed by atoms with Gasteiger partial charge in [0, 0.05) is 27.7 Å². The lowest BCUT2D eigenvalue weighted by Crippen LogP contribution is -2.53. The third-order valence-electron chi connectivity index (χ3n) is 2.22. The second-order valence-electron chi connectivity index (χ2n) is 3.48. The molecular weight excluding hydrogens is 198 g/mol. The lowest BCUT2D eigenvalue weighted by molar-refractivity contribution is -0.428. The number of aryl methyl sites for hydroxylation is 2. The standard InChI is InChI=1S/C10H15NO2S/c1-6-5-8(7(2)14-6)9(11)3-4-10(12)13/h5,9H,3-4,11H2,1-2H3,(H,12,13)/t9-/m0/s1. The van der Waals surface area contributed by atoms with Crippen LogP contribution in [0.2, 0.25) is 0 Å². The zero-order valence-electron chi connectivity index (χ0n) is 8.50. The van der Waals surface area contributed by atoms with Crippen LogP contribution >= 0.6 is 11.3 Å². The summed E-state index contributed by atoms with van der Waals surface area (Å²) in [6.07, 6.45) is 0.641. The Morgan fingerprint density at radius 2 is 2.29 bits per heavy atom. The first-order chi connectivity index (χ1) is 6.50. The Bertz CT molecular complexity index is 333. The quantitative estimate of drug-likeness (QED) is 0.775. The molecule has 0 aliphatic heterocycles. The minimum absolute atomic E-state index is 0.0675. The van der Waals surface area contributed by atoms with Crippen molar-refractivity contribution in [3.8, 4) is 0 Å². The molecular formula is C10H15NO2S. The fourth-order valence-electron chi connectivity index (χ4n) is 1.50. The van der Waals surface area contributed by atoms with Gasteiger partial charge in [-0.1, -0.05) is 0 Å². The molecule has 4 heteroatoms. The Morgan fingerprint density at radius 3 is 2.71 bits per heavy atom. The first kappa shape index (κ1) is 11.2. The van der Waals surface area contributed by atoms with Crippen LogP contribution in [0, 0.1) is 13.8 Å². The van der Waals surface area contributed by atoms with Crippen LogP contribution in [0.15, 0.2) is 6.07 Å². The maximum absolute atomic E-state index is 10.3. The van der Waals surface area contributed by atoms with Crippen molar-refractivity contribution in [1.82, 2.24) is 0 Å². The summed E-state index contributed by atoms with van der Waals surface area (Å²) in [5.41, 5.74) is 5.14. The summed E-state index contributed by atoms with van der Waals surface area (Å²) >= 11 is 1.73. The zero-order chi connectivity index (χ0) is 10.7. The van der Waals surface area contributed by atoms with Gasteiger partial charge in [0.25, 0.3) is 0 Å². The molecule has 0 aromatic carbocycles. The van der Waals surface area contributed by atoms with Gasteiger partial charge in [-0.25, -0.2) is 0 Å². The molecule has 1 heterocycles. The average molecular weight is 213 g/mol. The molecule has 0 unspecified atom stereocenters. The Labute approximate surface area is 87.6 Å². The summed E-state index contributed by atoms with van der Waals surface area (Å²) in [4.78, 5) is 12.8. The Kier molecular flexibility index (Phi) is 3.66. The number of aliphatic carboxylic acids is 1. The number of carbonyl (C=O) groups excluding carboxylic acids is 1. The molecule has 1 aromatic heterocycles. The molecule has 1 atom stereocenters. The minimum Gasteiger partial charge on any atom is -0.550 e. The molecule has 0 saturated heterocycles. The summed E-state index contributed by atoms with van der Waals surface area (Å²) in [6.45, 7) is 4.09. The van der Waals surface area contributed by atoms with Gasteiger partial charge in [-0.3, -0.25) is 0 Å². The SMILES string of the molecule is Cc1cc([C@@H]([NH3+])CCC(=O)[O-])c(C)s1. The summed E-state index contributed by atoms with van der Waals surface area (Å²) < 4.78 is 0. The molecule has 3 N–H and O–H groups in total. The number of quaternary nitrogens is 1. The normalized spacial score (nSPS) is 12.8. The van der Waals surface area contributed by atoms with Gasteiger partial charge < -0.3 is 15.6 Å². The summed E-state index contributed by atoms with van der Waals surface area (Å²) in [7, 11) is 0. The highest BCUT2D eigenvalue weighted by Gasteiger charge is 2.14. The van der Waals surface area contributed by atoms with Crippen molar-refractivity contribution < 1.29 is 15.6 Å². The van der Waals surface area contributed by atoms with Crippen LogP contribution in [0.3, 0.4) is 0 Å². The molecule has 1 rings (SSSR count). The highest BCUT2D eigenvalue weighted by Crippen LogP contribution is 2.26. The number of carboxylic acids is 1. The number of thiophene rings is 1. The van der Waals surface area contributed by atoms with E-state index in [2.05, 4.69) is 11.8 Å². The molecule has 0 amide bonds. The molecule has 1 aromatic rings. The Morgan fingerprint density at radius 1 is 1.64 bits per heavy atom. The third kappa shape index (κ3) is 2.82. The van der Waals surface area contributed by atoms with E-state index in [-0.39, 0.29) is 12.5 Å². The van der Waals surface area contributed by atoms with Gasteiger partial charge in [-0.15, -0.1) is 11.3 Å². The lowest BCUT2D eigenvalue weighted by Gasteiger charge is -2.08. The second-order valence-corrected chi connectivity index (χ2v) is 4.94. The number of carboxylic acid groups (broad SMARTS) is 1. The summed E-state index contributed by atoms with van der Waals surface area (Å²) in [5.74, 6) is -0.997. The van der Waals surface area contributed by atoms with Crippen molar-refractivity contribution in [3.63, 3.8) is 0 Å². The van der Waals surface area contributed by atoms with Crippen molar-refractivity contribution in [2.75, 3.05) is 0 Å². The Hall–Kier alpha value is -0.870. The van der Waals surface area contributed by atoms with Gasteiger partial charge in [-0.05, 0) is 26.3 Å². The zero-order valence-corrected chi connectivity index (χ0v) is 9.32. The van der Waals surface area contributed by atoms with E-state index in [1.165, 1.54) is 15.3 Å². The maximum Gasteiger partial charge on any atom is 0.111 e. The molecule has 14 heavy (non-hydrogen) atoms. The third-order valence-corrected chi connectivity index (χ3v) is 3.20. The van der Waals surface area contributed by atoms with Crippen LogP contribution in [0.1, 0.15) is 34.2 Å². The van der Waals surface area contributed by atoms with E-state index in [4.69, 9.17) is 0 Å². The molecule has 0 saturated carbocycles. The van der Waals surface area contributed by atoms with E-state index in [0.29, 0.717) is 6.42 Å². The smallest absolute Gasteiger partial charge is 0.111 e. The largest absolute Gasteiger partial charge is 0.550 e. The average Bonchev–Trinajstić information content (AvgIpc) is 2.41. The van der Waals surface area contributed by atoms with Crippen LogP contribution in [-0.2, 0) is 4.79 Å². The fraction of sp³-hybridized carbons (Fsp3) is 0.500. The number of hydrogen-bond donors (Lipinski definition) is 1. The molecule has 0 bridgehead atoms. The topological polar surface area (TPSA) is 67.8 Å². The van der Waals surface area contributed by atoms with Crippen LogP contribution in [-0.4, -0.2) is 5.97 Å². The van der Waals surface area contributed by atoms with Gasteiger partial charge in [0.05, 0.1) is 0 Å². The van der Waals surface area contributed by atoms with Crippen molar-refractivity contribution in [3.05, 3.63) is 21.4 Å². The number of rotatable bonds is 4. The molecule has 0 radical (unpaired) electrons. The molecule has 0 aliphatic rings. The van der Waals surface area contributed by atoms with E-state index < -0.39 is 5.97 Å². The van der Waals surface area contributed by atoms with Crippen molar-refractivity contribution in [1.29, 1.82) is 0 Å². The molecule has 3 nitrogen and oxygen atoms in total. The predicted octanol–water partition coefficient (Wildman–Crippen LogP) is 0.178. The summed E-state index contributed by atoms with van der Waals surface area (Å²) in [5, 5.41) is 10.3. The predicted molar refractivity (Wildman–Crippen MR) is 53.7 cm³/mol. The minimum atomic E-state index is -0.997. The van der Waals surface area contributed by atoms with Gasteiger partial charge >= 0.3 is 0 Å². The van der Waals surface area contributed by atoms with Gasteiger partial charge in [0.2, 0.25) is 0 Å². The van der Waals surface area contributed by atoms with Crippen LogP contribution < -0.4 is 10.8 Å². The lowest BCUT2D eigenvalue weighted by atomic mass is 10.0. The summed E-state index contributed by atoms with van der Waals surface area (Å²) in [6, 6.07) is 2.16. The first-order valence-corrected chi connectivity index (χ1v) is 5.42. The van der Waals surface area contributed by atoms with Crippen LogP contribution in [0.25, 0.3) is 0 Å². The van der Waals surface area contributed by atoms with E-state index in [1.807, 2.05) is 13.8 Å². The highest BCUT2D eigenvalue weighted by atomic mass is 32.1. The van der Waals surface area contributed by atoms with E-state index in [0.717, 1.165) is 0 Å².